The molecule has 0 atom stereocenters. The minimum absolute atomic E-state index is 1.15. The van der Waals surface area contributed by atoms with Crippen LogP contribution in [-0.2, 0) is 0 Å². The van der Waals surface area contributed by atoms with Crippen LogP contribution in [0.25, 0.3) is 0 Å². The predicted molar refractivity (Wildman–Crippen MR) is 20.6 cm³/mol. The van der Waals surface area contributed by atoms with Gasteiger partial charge in [-0.15, -0.1) is 0 Å². The molecule has 0 aromatic carbocycles. The first-order valence-electron chi connectivity index (χ1n) is 1.35. The average molecular weight is 64.1 g/mol. The molecular weight excluding hydrogens is 59.0 g/mol. The molecule has 1 heteroatoms. The van der Waals surface area contributed by atoms with Gasteiger partial charge in [0.25, 0.3) is 0 Å². The predicted octanol–water partition coefficient (Wildman–Crippen LogP) is 0.688. The molecule has 0 radical (unpaired) electrons. The van der Waals surface area contributed by atoms with Crippen molar-refractivity contribution in [2.24, 2.45) is 0 Å². The third-order valence-corrected chi connectivity index (χ3v) is 0. The summed E-state index contributed by atoms with van der Waals surface area (Å²) in [6, 6.07) is 0. The number of allylic oxidation sites excluding steroid dienone is 1. The Labute approximate surface area is 44.3 Å². The van der Waals surface area contributed by atoms with Crippen LogP contribution in [0.15, 0.2) is 9.40 Å². The van der Waals surface area contributed by atoms with Crippen molar-refractivity contribution in [3.8, 4) is 0 Å². The van der Waals surface area contributed by atoms with Crippen molar-refractivity contribution in [1.82, 2.24) is 0 Å². The van der Waals surface area contributed by atoms with Crippen molar-refractivity contribution in [1.29, 1.82) is 0 Å². The van der Waals surface area contributed by atoms with Crippen LogP contribution in [0.1, 0.15) is 6.92 Å². The van der Waals surface area contributed by atoms with Gasteiger partial charge >= 0.3 is 44.3 Å². The molecule has 0 N–H and O–H groups in total. The molecule has 0 nitrogen and oxygen atoms in total. The van der Waals surface area contributed by atoms with E-state index in [-0.39, 0.29) is 0 Å². The normalized spacial score (nSPS) is 6.75. The van der Waals surface area contributed by atoms with Crippen molar-refractivity contribution in [3.63, 3.8) is 0 Å². The van der Waals surface area contributed by atoms with Crippen LogP contribution >= 0.6 is 0 Å². The van der Waals surface area contributed by atoms with Crippen molar-refractivity contribution >= 4 is 27.9 Å². The second-order valence-corrected chi connectivity index (χ2v) is 2.91. The van der Waals surface area contributed by atoms with Crippen LogP contribution < -0.4 is 0 Å². The molecule has 0 aliphatic rings. The van der Waals surface area contributed by atoms with E-state index in [1.165, 1.54) is 2.82 Å². The van der Waals surface area contributed by atoms with E-state index in [0.717, 1.165) is 27.9 Å². The Morgan fingerprint density at radius 3 is 2.00 bits per heavy atom. The van der Waals surface area contributed by atoms with Gasteiger partial charge < -0.3 is 0 Å². The van der Waals surface area contributed by atoms with Crippen LogP contribution in [-0.4, -0.2) is 27.9 Å². The average Bonchev–Trinajstić information content (AvgIpc) is 0.811. The third-order valence-electron chi connectivity index (χ3n) is 0. The summed E-state index contributed by atoms with van der Waals surface area (Å²) in [6.45, 7) is 5.65. The molecule has 0 fully saturated rings. The van der Waals surface area contributed by atoms with Crippen LogP contribution in [0.5, 0.6) is 0 Å². The molecule has 4 heavy (non-hydrogen) atoms. The number of hydrogen-bond donors (Lipinski definition) is 0. The van der Waals surface area contributed by atoms with Crippen molar-refractivity contribution in [2.45, 2.75) is 6.92 Å². The summed E-state index contributed by atoms with van der Waals surface area (Å²) in [6.07, 6.45) is 0. The van der Waals surface area contributed by atoms with E-state index in [1.54, 1.807) is 0 Å². The second kappa shape index (κ2) is 2.01. The molecular formula is C3H5Na. The monoisotopic (exact) mass is 64.0 g/mol. The van der Waals surface area contributed by atoms with Crippen LogP contribution in [0.2, 0.25) is 0 Å². The summed E-state index contributed by atoms with van der Waals surface area (Å²) in [5.41, 5.74) is 0. The number of hydrogen-bond acceptors (Lipinski definition) is 0. The summed E-state index contributed by atoms with van der Waals surface area (Å²) < 4.78 is 1.31. The standard InChI is InChI=1S/C3H5.Na/c1-3-2;/h1H2,2H3;. The molecule has 0 unspecified atom stereocenters. The van der Waals surface area contributed by atoms with Crippen molar-refractivity contribution in [2.75, 3.05) is 0 Å². The van der Waals surface area contributed by atoms with E-state index in [2.05, 4.69) is 6.58 Å². The summed E-state index contributed by atoms with van der Waals surface area (Å²) in [5.74, 6) is 0. The Kier molecular flexibility index (Phi) is 2.38. The molecule has 0 bridgehead atoms. The first-order chi connectivity index (χ1) is 1.73. The molecule has 0 rings (SSSR count). The fourth-order valence-electron chi connectivity index (χ4n) is 0. The van der Waals surface area contributed by atoms with Crippen LogP contribution in [0, 0.1) is 0 Å². The first kappa shape index (κ1) is 4.74. The van der Waals surface area contributed by atoms with Gasteiger partial charge in [0, 0.05) is 0 Å². The number of rotatable bonds is 0. The van der Waals surface area contributed by atoms with E-state index in [9.17, 15) is 0 Å². The fraction of sp³-hybridized carbons (Fsp3) is 0.333. The second-order valence-electron chi connectivity index (χ2n) is 1.21. The Hall–Kier alpha value is 0.740. The fourth-order valence-corrected chi connectivity index (χ4v) is 0. The van der Waals surface area contributed by atoms with E-state index in [4.69, 9.17) is 0 Å². The minimum atomic E-state index is 1.15. The zero-order valence-electron chi connectivity index (χ0n) is 3.21. The van der Waals surface area contributed by atoms with Crippen molar-refractivity contribution in [3.05, 3.63) is 9.40 Å². The maximum absolute atomic E-state index is 3.62. The molecule has 0 saturated heterocycles. The molecule has 0 aliphatic carbocycles. The zero-order chi connectivity index (χ0) is 3.58. The Morgan fingerprint density at radius 1 is 2.00 bits per heavy atom. The maximum atomic E-state index is 3.62. The van der Waals surface area contributed by atoms with E-state index in [1.807, 2.05) is 6.92 Å². The van der Waals surface area contributed by atoms with E-state index in [0.29, 0.717) is 0 Å². The molecule has 0 aliphatic heterocycles. The summed E-state index contributed by atoms with van der Waals surface area (Å²) in [4.78, 5) is 0. The van der Waals surface area contributed by atoms with Gasteiger partial charge in [-0.1, -0.05) is 0 Å². The molecule has 0 spiro atoms. The van der Waals surface area contributed by atoms with Gasteiger partial charge in [0.1, 0.15) is 0 Å². The van der Waals surface area contributed by atoms with Gasteiger partial charge in [-0.3, -0.25) is 0 Å². The third kappa shape index (κ3) is 15.1. The van der Waals surface area contributed by atoms with E-state index < -0.39 is 0 Å². The van der Waals surface area contributed by atoms with Crippen LogP contribution in [0.3, 0.4) is 0 Å². The Morgan fingerprint density at radius 2 is 2.00 bits per heavy atom. The molecule has 0 aromatic rings. The molecule has 18 valence electrons. The van der Waals surface area contributed by atoms with Gasteiger partial charge in [0.05, 0.1) is 0 Å². The molecule has 0 aromatic heterocycles. The van der Waals surface area contributed by atoms with Gasteiger partial charge in [-0.05, 0) is 0 Å². The first-order valence-corrected chi connectivity index (χ1v) is 2.35. The quantitative estimate of drug-likeness (QED) is 0.363. The Balaban J connectivity index is 2.80. The molecule has 0 heterocycles. The zero-order valence-corrected chi connectivity index (χ0v) is 5.21. The van der Waals surface area contributed by atoms with Crippen molar-refractivity contribution < 1.29 is 0 Å². The molecule has 0 amide bonds. The SMILES string of the molecule is C=[C](C)[Na]. The van der Waals surface area contributed by atoms with Gasteiger partial charge in [-0.25, -0.2) is 0 Å². The summed E-state index contributed by atoms with van der Waals surface area (Å²) >= 11 is 1.15. The summed E-state index contributed by atoms with van der Waals surface area (Å²) in [7, 11) is 0. The van der Waals surface area contributed by atoms with Crippen LogP contribution in [0.4, 0.5) is 0 Å². The Bertz CT molecular complexity index is 26.3. The van der Waals surface area contributed by atoms with E-state index >= 15 is 0 Å². The van der Waals surface area contributed by atoms with Gasteiger partial charge in [-0.2, -0.15) is 0 Å². The van der Waals surface area contributed by atoms with Gasteiger partial charge in [0.15, 0.2) is 0 Å². The topological polar surface area (TPSA) is 0 Å². The summed E-state index contributed by atoms with van der Waals surface area (Å²) in [5, 5.41) is 0. The van der Waals surface area contributed by atoms with Gasteiger partial charge in [0.2, 0.25) is 0 Å². The molecule has 0 saturated carbocycles.